The third kappa shape index (κ3) is 34.8. The molecule has 0 saturated heterocycles. The van der Waals surface area contributed by atoms with Gasteiger partial charge in [0, 0.05) is 12.8 Å². The Morgan fingerprint density at radius 2 is 0.884 bits per heavy atom. The number of ether oxygens (including phenoxy) is 2. The van der Waals surface area contributed by atoms with Crippen LogP contribution in [0.3, 0.4) is 0 Å². The molecule has 1 fully saturated rings. The predicted octanol–water partition coefficient (Wildman–Crippen LogP) is 9.18. The van der Waals surface area contributed by atoms with E-state index in [2.05, 4.69) is 83.7 Å². The molecule has 0 aromatic carbocycles. The van der Waals surface area contributed by atoms with Gasteiger partial charge in [0.15, 0.2) is 6.10 Å². The zero-order chi connectivity index (χ0) is 51.4. The Morgan fingerprint density at radius 1 is 0.478 bits per heavy atom. The van der Waals surface area contributed by atoms with Gasteiger partial charge in [-0.15, -0.1) is 0 Å². The van der Waals surface area contributed by atoms with Crippen molar-refractivity contribution in [1.29, 1.82) is 0 Å². The molecule has 69 heavy (non-hydrogen) atoms. The summed E-state index contributed by atoms with van der Waals surface area (Å²) in [4.78, 5) is 73.3. The highest BCUT2D eigenvalue weighted by Gasteiger charge is 2.56. The van der Waals surface area contributed by atoms with Crippen molar-refractivity contribution in [1.82, 2.24) is 0 Å². The lowest BCUT2D eigenvalue weighted by Crippen LogP contribution is -2.65. The molecule has 22 heteroatoms. The summed E-state index contributed by atoms with van der Waals surface area (Å²) in [7, 11) is -16.6. The van der Waals surface area contributed by atoms with Gasteiger partial charge < -0.3 is 49.3 Å². The molecule has 0 heterocycles. The number of phosphoric ester groups is 3. The topological polar surface area (TPSA) is 303 Å². The van der Waals surface area contributed by atoms with Crippen LogP contribution in [0.15, 0.2) is 60.8 Å². The van der Waals surface area contributed by atoms with E-state index in [0.29, 0.717) is 12.8 Å². The minimum absolute atomic E-state index is 0.0150. The fraction of sp³-hybridized carbons (Fsp3) is 0.745. The molecule has 0 amide bonds. The van der Waals surface area contributed by atoms with E-state index < -0.39 is 91.3 Å². The lowest BCUT2D eigenvalue weighted by molar-refractivity contribution is -0.213. The first-order valence-electron chi connectivity index (χ1n) is 24.6. The lowest BCUT2D eigenvalue weighted by Gasteiger charge is -2.44. The van der Waals surface area contributed by atoms with E-state index in [-0.39, 0.29) is 12.8 Å². The molecule has 0 aliphatic heterocycles. The van der Waals surface area contributed by atoms with Crippen LogP contribution in [-0.2, 0) is 50.9 Å². The van der Waals surface area contributed by atoms with Crippen molar-refractivity contribution in [3.05, 3.63) is 60.8 Å². The molecule has 1 aliphatic rings. The van der Waals surface area contributed by atoms with Gasteiger partial charge in [0.2, 0.25) is 0 Å². The van der Waals surface area contributed by atoms with Gasteiger partial charge in [-0.2, -0.15) is 0 Å². The van der Waals surface area contributed by atoms with Crippen molar-refractivity contribution in [3.8, 4) is 0 Å². The van der Waals surface area contributed by atoms with E-state index in [1.165, 1.54) is 25.7 Å². The summed E-state index contributed by atoms with van der Waals surface area (Å²) in [6.07, 6.45) is 26.6. The maximum Gasteiger partial charge on any atom is 0.472 e. The minimum Gasteiger partial charge on any atom is -0.462 e. The predicted molar refractivity (Wildman–Crippen MR) is 261 cm³/mol. The number of aliphatic hydroxyl groups is 3. The van der Waals surface area contributed by atoms with Crippen LogP contribution in [0.2, 0.25) is 0 Å². The quantitative estimate of drug-likeness (QED) is 0.0122. The molecular weight excluding hydrogens is 961 g/mol. The van der Waals surface area contributed by atoms with Crippen LogP contribution in [0.25, 0.3) is 0 Å². The summed E-state index contributed by atoms with van der Waals surface area (Å²) < 4.78 is 65.5. The molecule has 19 nitrogen and oxygen atoms in total. The number of phosphoric acid groups is 3. The van der Waals surface area contributed by atoms with Crippen LogP contribution < -0.4 is 0 Å². The van der Waals surface area contributed by atoms with Gasteiger partial charge in [0.1, 0.15) is 43.2 Å². The largest absolute Gasteiger partial charge is 0.472 e. The number of rotatable bonds is 41. The Bertz CT molecular complexity index is 1670. The maximum absolute atomic E-state index is 13.1. The molecular formula is C47H83O19P3. The van der Waals surface area contributed by atoms with Crippen molar-refractivity contribution >= 4 is 35.4 Å². The Hall–Kier alpha value is -2.15. The third-order valence-corrected chi connectivity index (χ3v) is 12.8. The van der Waals surface area contributed by atoms with Crippen molar-refractivity contribution in [3.63, 3.8) is 0 Å². The summed E-state index contributed by atoms with van der Waals surface area (Å²) >= 11 is 0. The highest BCUT2D eigenvalue weighted by atomic mass is 31.2. The highest BCUT2D eigenvalue weighted by molar-refractivity contribution is 7.47. The second-order valence-corrected chi connectivity index (χ2v) is 20.8. The van der Waals surface area contributed by atoms with Gasteiger partial charge in [0.25, 0.3) is 0 Å². The maximum atomic E-state index is 13.1. The van der Waals surface area contributed by atoms with Crippen LogP contribution in [-0.4, -0.2) is 108 Å². The Balaban J connectivity index is 2.73. The molecule has 400 valence electrons. The van der Waals surface area contributed by atoms with Crippen molar-refractivity contribution < 1.29 is 90.6 Å². The van der Waals surface area contributed by atoms with E-state index in [1.54, 1.807) is 0 Å². The summed E-state index contributed by atoms with van der Waals surface area (Å²) in [5, 5.41) is 31.9. The molecule has 1 rings (SSSR count). The fourth-order valence-corrected chi connectivity index (χ4v) is 9.25. The zero-order valence-corrected chi connectivity index (χ0v) is 43.3. The first kappa shape index (κ1) is 64.9. The van der Waals surface area contributed by atoms with Crippen LogP contribution >= 0.6 is 23.5 Å². The summed E-state index contributed by atoms with van der Waals surface area (Å²) in [5.74, 6) is -1.33. The van der Waals surface area contributed by atoms with Gasteiger partial charge in [-0.1, -0.05) is 139 Å². The zero-order valence-electron chi connectivity index (χ0n) is 40.6. The monoisotopic (exact) mass is 1040 g/mol. The molecule has 8 N–H and O–H groups in total. The Morgan fingerprint density at radius 3 is 1.38 bits per heavy atom. The van der Waals surface area contributed by atoms with Crippen LogP contribution in [0.5, 0.6) is 0 Å². The average molecular weight is 1050 g/mol. The first-order chi connectivity index (χ1) is 32.8. The molecule has 0 aromatic heterocycles. The van der Waals surface area contributed by atoms with Gasteiger partial charge >= 0.3 is 35.4 Å². The number of hydrogen-bond acceptors (Lipinski definition) is 14. The summed E-state index contributed by atoms with van der Waals surface area (Å²) in [5.41, 5.74) is 0. The Kier molecular flexibility index (Phi) is 36.2. The molecule has 1 aliphatic carbocycles. The molecule has 0 aromatic rings. The molecule has 0 spiro atoms. The van der Waals surface area contributed by atoms with E-state index in [9.17, 15) is 63.1 Å². The van der Waals surface area contributed by atoms with Gasteiger partial charge in [0.05, 0.1) is 6.61 Å². The highest BCUT2D eigenvalue weighted by Crippen LogP contribution is 2.51. The normalized spacial score (nSPS) is 21.8. The van der Waals surface area contributed by atoms with Crippen LogP contribution in [0, 0.1) is 0 Å². The van der Waals surface area contributed by atoms with Crippen molar-refractivity contribution in [2.75, 3.05) is 13.2 Å². The lowest BCUT2D eigenvalue weighted by atomic mass is 9.85. The van der Waals surface area contributed by atoms with Gasteiger partial charge in [-0.25, -0.2) is 13.7 Å². The van der Waals surface area contributed by atoms with E-state index >= 15 is 0 Å². The number of unbranched alkanes of at least 4 members (excludes halogenated alkanes) is 15. The number of carbonyl (C=O) groups excluding carboxylic acids is 2. The average Bonchev–Trinajstić information content (AvgIpc) is 3.28. The van der Waals surface area contributed by atoms with Crippen molar-refractivity contribution in [2.45, 2.75) is 211 Å². The van der Waals surface area contributed by atoms with Gasteiger partial charge in [-0.05, 0) is 77.0 Å². The van der Waals surface area contributed by atoms with E-state index in [4.69, 9.17) is 18.5 Å². The minimum atomic E-state index is -5.61. The smallest absolute Gasteiger partial charge is 0.462 e. The van der Waals surface area contributed by atoms with Gasteiger partial charge in [-0.3, -0.25) is 27.7 Å². The third-order valence-electron chi connectivity index (χ3n) is 10.8. The molecule has 0 radical (unpaired) electrons. The summed E-state index contributed by atoms with van der Waals surface area (Å²) in [6.45, 7) is 2.80. The molecule has 8 unspecified atom stereocenters. The van der Waals surface area contributed by atoms with Crippen LogP contribution in [0.4, 0.5) is 0 Å². The number of aliphatic hydroxyl groups excluding tert-OH is 3. The van der Waals surface area contributed by atoms with Crippen molar-refractivity contribution in [2.24, 2.45) is 0 Å². The summed E-state index contributed by atoms with van der Waals surface area (Å²) in [6, 6.07) is 0. The molecule has 8 atom stereocenters. The Labute approximate surface area is 409 Å². The first-order valence-corrected chi connectivity index (χ1v) is 29.1. The van der Waals surface area contributed by atoms with E-state index in [1.807, 2.05) is 0 Å². The number of allylic oxidation sites excluding steroid dienone is 10. The molecule has 0 bridgehead atoms. The second-order valence-electron chi connectivity index (χ2n) is 17.0. The standard InChI is InChI=1S/C47H83O19P3/c1-3-5-7-9-11-13-15-17-19-20-22-23-25-27-29-31-33-35-40(48)61-37-39(63-41(49)36-34-32-30-28-26-24-21-18-16-14-12-10-8-6-4-2)38-62-69(59,60)66-45-42(50)43(51)46(64-67(53,54)55)47(44(45)52)65-68(56,57)58/h5,7,11,13-14,16-17,19,22-23,39,42-47,50-52H,3-4,6,8-10,12,15,18,20-21,24-38H2,1-2H3,(H,59,60)(H2,53,54,55)(H2,56,57,58). The number of hydrogen-bond donors (Lipinski definition) is 8. The second kappa shape index (κ2) is 38.5. The SMILES string of the molecule is CCC=CCC=CCC=CCC=CCCCCCCC(=O)OCC(COP(=O)(O)OC1C(O)C(O)C(OP(=O)(O)O)C(OP(=O)(O)O)C1O)OC(=O)CCCCCCCCCC=CCCCCCC. The molecule has 1 saturated carbocycles. The van der Waals surface area contributed by atoms with Crippen LogP contribution in [0.1, 0.15) is 168 Å². The van der Waals surface area contributed by atoms with E-state index in [0.717, 1.165) is 103 Å². The fourth-order valence-electron chi connectivity index (χ4n) is 7.16. The number of carbonyl (C=O) groups is 2. The number of esters is 2.